The minimum Gasteiger partial charge on any atom is -0.343 e. The van der Waals surface area contributed by atoms with Crippen LogP contribution in [0.15, 0.2) is 59.1 Å². The molecule has 3 fully saturated rings. The molecule has 32 heavy (non-hydrogen) atoms. The first-order chi connectivity index (χ1) is 15.4. The summed E-state index contributed by atoms with van der Waals surface area (Å²) < 4.78 is 1.03. The van der Waals surface area contributed by atoms with Gasteiger partial charge in [-0.25, -0.2) is 4.79 Å². The molecule has 3 amide bonds. The van der Waals surface area contributed by atoms with Crippen molar-refractivity contribution in [1.29, 1.82) is 0 Å². The zero-order valence-electron chi connectivity index (χ0n) is 18.3. The first-order valence-corrected chi connectivity index (χ1v) is 11.9. The Kier molecular flexibility index (Phi) is 5.69. The van der Waals surface area contributed by atoms with Crippen LogP contribution in [0.3, 0.4) is 0 Å². The molecular weight excluding hydrogens is 470 g/mol. The van der Waals surface area contributed by atoms with Crippen LogP contribution in [0.1, 0.15) is 12.5 Å². The maximum absolute atomic E-state index is 13.6. The SMILES string of the molecule is CC1CN(c2ccc(Br)cc2)C2NC3C(C(=O)N(CCc4ccccc4)C(=O)N3C)N2C1. The molecule has 168 valence electrons. The molecule has 0 spiro atoms. The van der Waals surface area contributed by atoms with Crippen molar-refractivity contribution in [2.75, 3.05) is 31.6 Å². The monoisotopic (exact) mass is 497 g/mol. The van der Waals surface area contributed by atoms with Gasteiger partial charge in [0.15, 0.2) is 0 Å². The second-order valence-corrected chi connectivity index (χ2v) is 9.90. The molecule has 0 saturated carbocycles. The van der Waals surface area contributed by atoms with Gasteiger partial charge < -0.3 is 9.80 Å². The van der Waals surface area contributed by atoms with Crippen LogP contribution in [-0.2, 0) is 11.2 Å². The van der Waals surface area contributed by atoms with E-state index < -0.39 is 0 Å². The topological polar surface area (TPSA) is 59.1 Å². The molecule has 0 aromatic heterocycles. The third-order valence-corrected chi connectivity index (χ3v) is 7.24. The van der Waals surface area contributed by atoms with E-state index in [2.05, 4.69) is 50.1 Å². The summed E-state index contributed by atoms with van der Waals surface area (Å²) in [5.74, 6) is 0.290. The fourth-order valence-corrected chi connectivity index (χ4v) is 5.41. The number of nitrogens with zero attached hydrogens (tertiary/aromatic N) is 4. The summed E-state index contributed by atoms with van der Waals surface area (Å²) in [6.45, 7) is 4.30. The highest BCUT2D eigenvalue weighted by molar-refractivity contribution is 9.10. The van der Waals surface area contributed by atoms with E-state index in [1.54, 1.807) is 11.9 Å². The predicted octanol–water partition coefficient (Wildman–Crippen LogP) is 2.93. The van der Waals surface area contributed by atoms with E-state index in [0.29, 0.717) is 18.9 Å². The highest BCUT2D eigenvalue weighted by Crippen LogP contribution is 2.34. The fourth-order valence-electron chi connectivity index (χ4n) is 5.14. The van der Waals surface area contributed by atoms with Crippen molar-refractivity contribution in [3.05, 3.63) is 64.6 Å². The van der Waals surface area contributed by atoms with E-state index in [9.17, 15) is 9.59 Å². The van der Waals surface area contributed by atoms with Crippen LogP contribution in [0.25, 0.3) is 0 Å². The number of likely N-dealkylation sites (N-methyl/N-ethyl adjacent to an activating group) is 1. The van der Waals surface area contributed by atoms with Gasteiger partial charge in [-0.15, -0.1) is 0 Å². The van der Waals surface area contributed by atoms with Gasteiger partial charge in [-0.05, 0) is 42.2 Å². The van der Waals surface area contributed by atoms with Crippen LogP contribution in [0.5, 0.6) is 0 Å². The van der Waals surface area contributed by atoms with Gasteiger partial charge >= 0.3 is 6.03 Å². The number of rotatable bonds is 4. The van der Waals surface area contributed by atoms with Crippen molar-refractivity contribution in [3.8, 4) is 0 Å². The maximum Gasteiger partial charge on any atom is 0.327 e. The second-order valence-electron chi connectivity index (χ2n) is 8.98. The van der Waals surface area contributed by atoms with Crippen molar-refractivity contribution >= 4 is 33.6 Å². The number of halogens is 1. The van der Waals surface area contributed by atoms with Crippen LogP contribution in [-0.4, -0.2) is 71.8 Å². The zero-order chi connectivity index (χ0) is 22.4. The number of carbonyl (C=O) groups is 2. The first-order valence-electron chi connectivity index (χ1n) is 11.1. The minimum atomic E-state index is -0.390. The Morgan fingerprint density at radius 3 is 2.47 bits per heavy atom. The number of carbonyl (C=O) groups excluding carboxylic acids is 2. The highest BCUT2D eigenvalue weighted by Gasteiger charge is 2.56. The maximum atomic E-state index is 13.6. The molecule has 7 nitrogen and oxygen atoms in total. The van der Waals surface area contributed by atoms with Crippen molar-refractivity contribution < 1.29 is 9.59 Å². The van der Waals surface area contributed by atoms with E-state index in [1.807, 2.05) is 42.5 Å². The molecule has 3 aliphatic rings. The summed E-state index contributed by atoms with van der Waals surface area (Å²) in [4.78, 5) is 34.4. The molecule has 2 aromatic carbocycles. The largest absolute Gasteiger partial charge is 0.343 e. The van der Waals surface area contributed by atoms with Gasteiger partial charge in [-0.1, -0.05) is 53.2 Å². The Hall–Kier alpha value is -2.42. The molecule has 4 atom stereocenters. The quantitative estimate of drug-likeness (QED) is 0.703. The van der Waals surface area contributed by atoms with E-state index in [4.69, 9.17) is 0 Å². The number of urea groups is 1. The molecule has 4 unspecified atom stereocenters. The van der Waals surface area contributed by atoms with E-state index in [1.165, 1.54) is 4.90 Å². The lowest BCUT2D eigenvalue weighted by molar-refractivity contribution is -0.138. The summed E-state index contributed by atoms with van der Waals surface area (Å²) in [5.41, 5.74) is 2.22. The molecule has 1 N–H and O–H groups in total. The number of benzene rings is 2. The summed E-state index contributed by atoms with van der Waals surface area (Å²) in [7, 11) is 1.79. The molecule has 0 radical (unpaired) electrons. The number of amides is 3. The molecule has 0 aliphatic carbocycles. The van der Waals surface area contributed by atoms with Crippen LogP contribution < -0.4 is 10.2 Å². The average Bonchev–Trinajstić information content (AvgIpc) is 3.18. The Bertz CT molecular complexity index is 1000. The van der Waals surface area contributed by atoms with Crippen molar-refractivity contribution in [2.45, 2.75) is 31.8 Å². The lowest BCUT2D eigenvalue weighted by Gasteiger charge is -2.46. The molecular formula is C24H28BrN5O2. The summed E-state index contributed by atoms with van der Waals surface area (Å²) in [6, 6.07) is 17.6. The number of imide groups is 1. The Balaban J connectivity index is 1.40. The lowest BCUT2D eigenvalue weighted by Crippen LogP contribution is -2.66. The smallest absolute Gasteiger partial charge is 0.327 e. The second kappa shape index (κ2) is 8.50. The lowest BCUT2D eigenvalue weighted by atomic mass is 10.0. The van der Waals surface area contributed by atoms with Crippen LogP contribution >= 0.6 is 15.9 Å². The predicted molar refractivity (Wildman–Crippen MR) is 127 cm³/mol. The normalized spacial score (nSPS) is 28.2. The van der Waals surface area contributed by atoms with Gasteiger partial charge in [-0.3, -0.25) is 19.9 Å². The highest BCUT2D eigenvalue weighted by atomic mass is 79.9. The molecule has 2 aromatic rings. The molecule has 3 saturated heterocycles. The average molecular weight is 498 g/mol. The Labute approximate surface area is 197 Å². The van der Waals surface area contributed by atoms with Crippen LogP contribution in [0, 0.1) is 5.92 Å². The number of nitrogens with one attached hydrogen (secondary N) is 1. The summed E-state index contributed by atoms with van der Waals surface area (Å²) in [6.07, 6.45) is 0.189. The van der Waals surface area contributed by atoms with Gasteiger partial charge in [0, 0.05) is 36.8 Å². The fraction of sp³-hybridized carbons (Fsp3) is 0.417. The molecule has 0 bridgehead atoms. The van der Waals surface area contributed by atoms with Crippen LogP contribution in [0.2, 0.25) is 0 Å². The van der Waals surface area contributed by atoms with E-state index in [-0.39, 0.29) is 30.4 Å². The Morgan fingerprint density at radius 2 is 1.75 bits per heavy atom. The van der Waals surface area contributed by atoms with Crippen molar-refractivity contribution in [3.63, 3.8) is 0 Å². The molecule has 5 rings (SSSR count). The Morgan fingerprint density at radius 1 is 1.03 bits per heavy atom. The van der Waals surface area contributed by atoms with Crippen molar-refractivity contribution in [1.82, 2.24) is 20.0 Å². The zero-order valence-corrected chi connectivity index (χ0v) is 19.9. The number of fused-ring (bicyclic) bond motifs is 3. The third kappa shape index (κ3) is 3.70. The summed E-state index contributed by atoms with van der Waals surface area (Å²) in [5, 5.41) is 3.58. The molecule has 8 heteroatoms. The van der Waals surface area contributed by atoms with Gasteiger partial charge in [0.25, 0.3) is 5.91 Å². The molecule has 3 heterocycles. The summed E-state index contributed by atoms with van der Waals surface area (Å²) >= 11 is 3.51. The molecule has 3 aliphatic heterocycles. The minimum absolute atomic E-state index is 0.103. The van der Waals surface area contributed by atoms with Gasteiger partial charge in [0.1, 0.15) is 18.5 Å². The van der Waals surface area contributed by atoms with Gasteiger partial charge in [0.2, 0.25) is 0 Å². The number of hydrogen-bond donors (Lipinski definition) is 1. The van der Waals surface area contributed by atoms with E-state index in [0.717, 1.165) is 28.8 Å². The van der Waals surface area contributed by atoms with Crippen LogP contribution in [0.4, 0.5) is 10.5 Å². The number of anilines is 1. The van der Waals surface area contributed by atoms with Gasteiger partial charge in [0.05, 0.1) is 0 Å². The van der Waals surface area contributed by atoms with Gasteiger partial charge in [-0.2, -0.15) is 0 Å². The third-order valence-electron chi connectivity index (χ3n) is 6.71. The van der Waals surface area contributed by atoms with Crippen molar-refractivity contribution in [2.24, 2.45) is 5.92 Å². The number of hydrogen-bond acceptors (Lipinski definition) is 5. The first kappa shape index (κ1) is 21.4. The van der Waals surface area contributed by atoms with E-state index >= 15 is 0 Å². The standard InChI is InChI=1S/C24H28BrN5O2/c1-16-14-29(19-10-8-18(25)9-11-19)23-26-21-20(30(23)15-16)22(31)28(24(32)27(21)2)13-12-17-6-4-3-5-7-17/h3-11,16,20-21,23,26H,12-15H2,1-2H3.